The predicted molar refractivity (Wildman–Crippen MR) is 192 cm³/mol. The number of aliphatic hydroxyl groups is 8. The Morgan fingerprint density at radius 2 is 1.34 bits per heavy atom. The van der Waals surface area contributed by atoms with Crippen molar-refractivity contribution in [2.75, 3.05) is 39.3 Å². The Morgan fingerprint density at radius 1 is 0.768 bits per heavy atom. The van der Waals surface area contributed by atoms with Gasteiger partial charge in [-0.25, -0.2) is 0 Å². The molecular weight excluding hydrogens is 750 g/mol. The van der Waals surface area contributed by atoms with Crippen LogP contribution in [-0.2, 0) is 33.2 Å². The zero-order chi connectivity index (χ0) is 41.4. The molecule has 4 fully saturated rings. The van der Waals surface area contributed by atoms with Gasteiger partial charge in [-0.05, 0) is 31.8 Å². The Hall–Kier alpha value is -1.86. The second-order valence-electron chi connectivity index (χ2n) is 14.7. The maximum Gasteiger partial charge on any atom is 0.187 e. The van der Waals surface area contributed by atoms with Crippen LogP contribution in [0.15, 0.2) is 4.99 Å². The van der Waals surface area contributed by atoms with Gasteiger partial charge in [0.2, 0.25) is 0 Å². The highest BCUT2D eigenvalue weighted by atomic mass is 16.8. The Balaban J connectivity index is 1.56. The minimum absolute atomic E-state index is 0.0370. The fourth-order valence-corrected chi connectivity index (χ4v) is 7.32. The monoisotopic (exact) mass is 813 g/mol. The van der Waals surface area contributed by atoms with E-state index >= 15 is 0 Å². The molecule has 0 spiro atoms. The van der Waals surface area contributed by atoms with Crippen LogP contribution >= 0.6 is 0 Å². The third-order valence-corrected chi connectivity index (χ3v) is 10.6. The summed E-state index contributed by atoms with van der Waals surface area (Å²) in [5, 5.41) is 89.3. The molecule has 0 unspecified atom stereocenters. The molecular formula is C32H63N9O15. The molecule has 0 aromatic carbocycles. The Morgan fingerprint density at radius 3 is 1.93 bits per heavy atom. The van der Waals surface area contributed by atoms with Crippen molar-refractivity contribution >= 4 is 11.7 Å². The zero-order valence-electron chi connectivity index (χ0n) is 31.0. The first-order valence-electron chi connectivity index (χ1n) is 18.8. The number of ketones is 1. The summed E-state index contributed by atoms with van der Waals surface area (Å²) in [6.07, 6.45) is -22.7. The molecule has 0 amide bonds. The van der Waals surface area contributed by atoms with Crippen molar-refractivity contribution in [3.8, 4) is 0 Å². The van der Waals surface area contributed by atoms with E-state index in [0.717, 1.165) is 0 Å². The third-order valence-electron chi connectivity index (χ3n) is 10.6. The molecule has 3 saturated heterocycles. The van der Waals surface area contributed by atoms with E-state index in [4.69, 9.17) is 68.6 Å². The molecule has 3 heterocycles. The summed E-state index contributed by atoms with van der Waals surface area (Å²) in [6.45, 7) is 0.0307. The van der Waals surface area contributed by atoms with Crippen molar-refractivity contribution in [3.63, 3.8) is 0 Å². The van der Waals surface area contributed by atoms with Gasteiger partial charge in [-0.1, -0.05) is 0 Å². The molecule has 23 N–H and O–H groups in total. The number of carbonyl (C=O) groups excluding carboxylic acids is 1. The first-order valence-corrected chi connectivity index (χ1v) is 18.8. The molecule has 1 saturated carbocycles. The van der Waals surface area contributed by atoms with Gasteiger partial charge in [-0.15, -0.1) is 0 Å². The molecule has 0 radical (unpaired) electrons. The van der Waals surface area contributed by atoms with E-state index in [1.165, 1.54) is 0 Å². The van der Waals surface area contributed by atoms with Crippen LogP contribution in [0.5, 0.6) is 0 Å². The van der Waals surface area contributed by atoms with Gasteiger partial charge in [-0.2, -0.15) is 0 Å². The first kappa shape index (κ1) is 46.8. The molecule has 0 bridgehead atoms. The molecule has 4 aliphatic rings. The number of ether oxygens (including phenoxy) is 6. The highest BCUT2D eigenvalue weighted by molar-refractivity contribution is 5.83. The summed E-state index contributed by atoms with van der Waals surface area (Å²) in [7, 11) is 0. The number of hydrogen-bond donors (Lipinski definition) is 16. The summed E-state index contributed by atoms with van der Waals surface area (Å²) in [6, 6.07) is -3.66. The van der Waals surface area contributed by atoms with Crippen LogP contribution in [0.3, 0.4) is 0 Å². The highest BCUT2D eigenvalue weighted by Crippen LogP contribution is 2.37. The molecule has 3 aliphatic heterocycles. The van der Waals surface area contributed by atoms with Crippen LogP contribution in [0.25, 0.3) is 0 Å². The number of hydrogen-bond acceptors (Lipinski definition) is 22. The van der Waals surface area contributed by atoms with E-state index < -0.39 is 135 Å². The number of nitrogens with one attached hydrogen (secondary N) is 1. The summed E-state index contributed by atoms with van der Waals surface area (Å²) >= 11 is 0. The SMILES string of the molecule is NCCCNC[C@H]1O[C@H](O[C@H]2[C@H](O[C@@H]3O[C@H](CO)[C@@H](O[C@H]4O[C@@H](CN)[C@@H](O)[C@H](O)[C@H]4N)[C@H]3O)[C@@H](O)[C@H](CC(=O)[C@@H](O)CCN=C(N)N)C[C@@H]2N)[C@H](N)[C@@H](O)[C@@H]1O. The highest BCUT2D eigenvalue weighted by Gasteiger charge is 2.55. The van der Waals surface area contributed by atoms with Crippen molar-refractivity contribution in [3.05, 3.63) is 0 Å². The lowest BCUT2D eigenvalue weighted by molar-refractivity contribution is -0.310. The fraction of sp³-hybridized carbons (Fsp3) is 0.938. The van der Waals surface area contributed by atoms with Gasteiger partial charge in [0.1, 0.15) is 73.2 Å². The lowest BCUT2D eigenvalue weighted by atomic mass is 9.76. The number of rotatable bonds is 19. The van der Waals surface area contributed by atoms with Gasteiger partial charge in [0, 0.05) is 38.5 Å². The number of nitrogens with two attached hydrogens (primary N) is 7. The van der Waals surface area contributed by atoms with Crippen LogP contribution in [-0.4, -0.2) is 208 Å². The van der Waals surface area contributed by atoms with Crippen molar-refractivity contribution in [2.45, 2.75) is 142 Å². The van der Waals surface area contributed by atoms with Crippen LogP contribution in [0.2, 0.25) is 0 Å². The fourth-order valence-electron chi connectivity index (χ4n) is 7.32. The van der Waals surface area contributed by atoms with Crippen LogP contribution < -0.4 is 45.5 Å². The summed E-state index contributed by atoms with van der Waals surface area (Å²) in [4.78, 5) is 16.8. The van der Waals surface area contributed by atoms with E-state index in [9.17, 15) is 45.6 Å². The first-order chi connectivity index (χ1) is 26.5. The van der Waals surface area contributed by atoms with Crippen LogP contribution in [0, 0.1) is 5.92 Å². The third kappa shape index (κ3) is 11.2. The number of carbonyl (C=O) groups is 1. The van der Waals surface area contributed by atoms with E-state index in [1.54, 1.807) is 0 Å². The number of guanidine groups is 1. The van der Waals surface area contributed by atoms with E-state index in [-0.39, 0.29) is 44.9 Å². The lowest BCUT2D eigenvalue weighted by Crippen LogP contribution is -2.67. The van der Waals surface area contributed by atoms with Crippen molar-refractivity contribution in [1.29, 1.82) is 0 Å². The molecule has 24 heteroatoms. The minimum Gasteiger partial charge on any atom is -0.394 e. The molecule has 0 aromatic heterocycles. The van der Waals surface area contributed by atoms with Gasteiger partial charge >= 0.3 is 0 Å². The smallest absolute Gasteiger partial charge is 0.187 e. The average Bonchev–Trinajstić information content (AvgIpc) is 3.46. The van der Waals surface area contributed by atoms with E-state index in [0.29, 0.717) is 19.5 Å². The van der Waals surface area contributed by atoms with Gasteiger partial charge in [0.05, 0.1) is 24.8 Å². The standard InChI is InChI=1S/C32H63N9O15/c33-3-1-4-40-9-16-22(47)24(49)19(37)30(52-16)54-26-12(35)6-11(7-14(44)13(43)2-5-41-32(38)39)20(45)28(26)56-31-25(50)27(17(10-42)53-31)55-29-18(36)23(48)21(46)15(8-34)51-29/h11-13,15-31,40,42-43,45-50H,1-10,33-37H2,(H4,38,39,41)/t11-,12-,13-,15-,16+,17+,18+,19+,20-,21+,22+,23+,24+,25+,26+,27+,28+,29+,30+,31-/m0/s1. The maximum absolute atomic E-state index is 13.1. The Kier molecular flexibility index (Phi) is 17.9. The molecule has 20 atom stereocenters. The number of aliphatic imine (C=N–C) groups is 1. The summed E-state index contributed by atoms with van der Waals surface area (Å²) < 4.78 is 35.7. The van der Waals surface area contributed by atoms with Crippen molar-refractivity contribution in [2.24, 2.45) is 51.0 Å². The number of Topliss-reactive ketones (excluding diaryl/α,β-unsaturated/α-hetero) is 1. The maximum atomic E-state index is 13.1. The summed E-state index contributed by atoms with van der Waals surface area (Å²) in [5.74, 6) is -1.82. The van der Waals surface area contributed by atoms with E-state index in [1.807, 2.05) is 0 Å². The lowest BCUT2D eigenvalue weighted by Gasteiger charge is -2.48. The number of aliphatic hydroxyl groups excluding tert-OH is 8. The molecule has 56 heavy (non-hydrogen) atoms. The average molecular weight is 814 g/mol. The Labute approximate surface area is 323 Å². The van der Waals surface area contributed by atoms with Gasteiger partial charge in [0.15, 0.2) is 30.6 Å². The molecule has 0 aromatic rings. The second kappa shape index (κ2) is 21.4. The van der Waals surface area contributed by atoms with Crippen LogP contribution in [0.1, 0.15) is 25.7 Å². The zero-order valence-corrected chi connectivity index (χ0v) is 31.0. The second-order valence-corrected chi connectivity index (χ2v) is 14.7. The van der Waals surface area contributed by atoms with Crippen molar-refractivity contribution < 1.29 is 74.1 Å². The summed E-state index contributed by atoms with van der Waals surface area (Å²) in [5.41, 5.74) is 40.8. The quantitative estimate of drug-likeness (QED) is 0.0327. The molecule has 4 rings (SSSR count). The van der Waals surface area contributed by atoms with Gasteiger partial charge in [-0.3, -0.25) is 9.79 Å². The van der Waals surface area contributed by atoms with Crippen LogP contribution in [0.4, 0.5) is 0 Å². The van der Waals surface area contributed by atoms with Gasteiger partial charge in [0.25, 0.3) is 0 Å². The molecule has 24 nitrogen and oxygen atoms in total. The predicted octanol–water partition coefficient (Wildman–Crippen LogP) is -9.64. The molecule has 1 aliphatic carbocycles. The molecule has 326 valence electrons. The minimum atomic E-state index is -1.72. The van der Waals surface area contributed by atoms with E-state index in [2.05, 4.69) is 10.3 Å². The van der Waals surface area contributed by atoms with Gasteiger partial charge < -0.3 is 115 Å². The topological polar surface area (TPSA) is 441 Å². The largest absolute Gasteiger partial charge is 0.394 e. The normalized spacial score (nSPS) is 43.7. The Bertz CT molecular complexity index is 1250. The van der Waals surface area contributed by atoms with Crippen molar-refractivity contribution in [1.82, 2.24) is 5.32 Å². The number of nitrogens with zero attached hydrogens (tertiary/aromatic N) is 1.